The van der Waals surface area contributed by atoms with Gasteiger partial charge in [-0.2, -0.15) is 0 Å². The van der Waals surface area contributed by atoms with Crippen molar-refractivity contribution < 1.29 is 19.4 Å². The zero-order valence-corrected chi connectivity index (χ0v) is 21.8. The molecule has 0 unspecified atom stereocenters. The van der Waals surface area contributed by atoms with Crippen molar-refractivity contribution in [2.24, 2.45) is 5.92 Å². The second kappa shape index (κ2) is 13.0. The minimum atomic E-state index is -0.875. The molecule has 0 bridgehead atoms. The molecule has 0 saturated heterocycles. The van der Waals surface area contributed by atoms with Crippen LogP contribution in [0.15, 0.2) is 34.7 Å². The highest BCUT2D eigenvalue weighted by molar-refractivity contribution is 8.01. The number of urea groups is 1. The van der Waals surface area contributed by atoms with Gasteiger partial charge in [-0.15, -0.1) is 11.8 Å². The molecule has 1 aromatic heterocycles. The van der Waals surface area contributed by atoms with Crippen LogP contribution in [0.1, 0.15) is 64.4 Å². The van der Waals surface area contributed by atoms with Gasteiger partial charge in [0.15, 0.2) is 5.13 Å². The lowest BCUT2D eigenvalue weighted by Gasteiger charge is -2.36. The molecule has 1 fully saturated rings. The number of benzene rings is 1. The first-order valence-corrected chi connectivity index (χ1v) is 13.7. The van der Waals surface area contributed by atoms with E-state index in [1.807, 2.05) is 17.0 Å². The minimum absolute atomic E-state index is 0.0258. The van der Waals surface area contributed by atoms with Crippen LogP contribution in [0, 0.1) is 5.92 Å². The summed E-state index contributed by atoms with van der Waals surface area (Å²) in [6, 6.07) is 8.25. The molecule has 0 aliphatic heterocycles. The number of aromatic nitrogens is 1. The lowest BCUT2D eigenvalue weighted by atomic mass is 9.86. The summed E-state index contributed by atoms with van der Waals surface area (Å²) in [6.07, 6.45) is 6.61. The number of amides is 2. The van der Waals surface area contributed by atoms with E-state index in [1.165, 1.54) is 28.7 Å². The van der Waals surface area contributed by atoms with Crippen LogP contribution in [-0.2, 0) is 4.79 Å². The number of carboxylic acid groups (broad SMARTS) is 1. The van der Waals surface area contributed by atoms with Gasteiger partial charge in [0.2, 0.25) is 0 Å². The summed E-state index contributed by atoms with van der Waals surface area (Å²) < 4.78 is 6.75. The van der Waals surface area contributed by atoms with E-state index in [9.17, 15) is 9.59 Å². The maximum Gasteiger partial charge on any atom is 0.323 e. The third-order valence-corrected chi connectivity index (χ3v) is 8.15. The highest BCUT2D eigenvalue weighted by Gasteiger charge is 2.28. The van der Waals surface area contributed by atoms with E-state index in [0.29, 0.717) is 30.1 Å². The molecule has 1 aliphatic rings. The van der Waals surface area contributed by atoms with E-state index >= 15 is 0 Å². The molecular formula is C25H35N3O4S2. The highest BCUT2D eigenvalue weighted by Crippen LogP contribution is 2.30. The van der Waals surface area contributed by atoms with Gasteiger partial charge < -0.3 is 14.7 Å². The molecular weight excluding hydrogens is 470 g/mol. The number of aliphatic carboxylic acids is 1. The standard InChI is InChI=1S/C25H35N3O4S2/c1-17(2)19-6-4-7-21(14-19)32-13-5-12-28(20-10-8-18(3)9-11-20)25(31)27-24-26-15-23(34-24)33-16-22(29)30/h4,6-7,14-15,17-18,20H,5,8-13,16H2,1-3H3,(H,29,30)(H,26,27,31)/t18-,20-. The predicted molar refractivity (Wildman–Crippen MR) is 138 cm³/mol. The topological polar surface area (TPSA) is 91.8 Å². The first kappa shape index (κ1) is 26.3. The Kier molecular flexibility index (Phi) is 10.1. The van der Waals surface area contributed by atoms with E-state index in [4.69, 9.17) is 9.84 Å². The molecule has 1 aromatic carbocycles. The van der Waals surface area contributed by atoms with Gasteiger partial charge in [0, 0.05) is 12.6 Å². The van der Waals surface area contributed by atoms with Crippen molar-refractivity contribution in [1.82, 2.24) is 9.88 Å². The average molecular weight is 506 g/mol. The summed E-state index contributed by atoms with van der Waals surface area (Å²) >= 11 is 2.51. The van der Waals surface area contributed by atoms with Crippen molar-refractivity contribution in [3.05, 3.63) is 36.0 Å². The Labute approximate surface area is 210 Å². The Balaban J connectivity index is 1.57. The van der Waals surface area contributed by atoms with Crippen LogP contribution in [0.25, 0.3) is 0 Å². The van der Waals surface area contributed by atoms with Crippen LogP contribution in [0.3, 0.4) is 0 Å². The van der Waals surface area contributed by atoms with Gasteiger partial charge in [0.1, 0.15) is 5.75 Å². The van der Waals surface area contributed by atoms with Crippen LogP contribution >= 0.6 is 23.1 Å². The number of thiazole rings is 1. The zero-order chi connectivity index (χ0) is 24.5. The van der Waals surface area contributed by atoms with Crippen LogP contribution in [0.2, 0.25) is 0 Å². The first-order valence-electron chi connectivity index (χ1n) is 11.9. The average Bonchev–Trinajstić information content (AvgIpc) is 3.26. The van der Waals surface area contributed by atoms with E-state index < -0.39 is 5.97 Å². The lowest BCUT2D eigenvalue weighted by molar-refractivity contribution is -0.133. The third-order valence-electron chi connectivity index (χ3n) is 6.06. The monoisotopic (exact) mass is 505 g/mol. The molecule has 9 heteroatoms. The van der Waals surface area contributed by atoms with E-state index in [0.717, 1.165) is 42.1 Å². The Morgan fingerprint density at radius 2 is 2.06 bits per heavy atom. The largest absolute Gasteiger partial charge is 0.494 e. The fourth-order valence-electron chi connectivity index (χ4n) is 4.07. The van der Waals surface area contributed by atoms with Gasteiger partial charge in [-0.3, -0.25) is 10.1 Å². The summed E-state index contributed by atoms with van der Waals surface area (Å²) in [6.45, 7) is 7.75. The Hall–Kier alpha value is -2.26. The normalized spacial score (nSPS) is 18.0. The number of carbonyl (C=O) groups is 2. The second-order valence-corrected chi connectivity index (χ2v) is 11.4. The van der Waals surface area contributed by atoms with Crippen molar-refractivity contribution in [2.45, 2.75) is 69.0 Å². The number of hydrogen-bond acceptors (Lipinski definition) is 6. The van der Waals surface area contributed by atoms with E-state index in [1.54, 1.807) is 6.20 Å². The Morgan fingerprint density at radius 3 is 2.76 bits per heavy atom. The molecule has 2 amide bonds. The molecule has 186 valence electrons. The molecule has 3 rings (SSSR count). The van der Waals surface area contributed by atoms with Crippen LogP contribution in [-0.4, -0.2) is 51.9 Å². The number of nitrogens with zero attached hydrogens (tertiary/aromatic N) is 2. The molecule has 1 heterocycles. The maximum atomic E-state index is 13.2. The SMILES string of the molecule is CC(C)c1cccc(OCCCN(C(=O)Nc2ncc(SCC(=O)O)s2)[C@H]2CC[C@H](C)CC2)c1. The lowest BCUT2D eigenvalue weighted by Crippen LogP contribution is -2.45. The van der Waals surface area contributed by atoms with Crippen molar-refractivity contribution in [1.29, 1.82) is 0 Å². The molecule has 0 radical (unpaired) electrons. The Bertz CT molecular complexity index is 942. The Morgan fingerprint density at radius 1 is 1.29 bits per heavy atom. The summed E-state index contributed by atoms with van der Waals surface area (Å²) in [5, 5.41) is 12.3. The van der Waals surface area contributed by atoms with Gasteiger partial charge in [0.25, 0.3) is 0 Å². The number of carbonyl (C=O) groups excluding carboxylic acids is 1. The maximum absolute atomic E-state index is 13.2. The quantitative estimate of drug-likeness (QED) is 0.274. The summed E-state index contributed by atoms with van der Waals surface area (Å²) in [7, 11) is 0. The summed E-state index contributed by atoms with van der Waals surface area (Å²) in [5.41, 5.74) is 1.25. The first-order chi connectivity index (χ1) is 16.3. The van der Waals surface area contributed by atoms with Crippen LogP contribution < -0.4 is 10.1 Å². The van der Waals surface area contributed by atoms with Crippen molar-refractivity contribution in [3.8, 4) is 5.75 Å². The zero-order valence-electron chi connectivity index (χ0n) is 20.2. The fourth-order valence-corrected chi connectivity index (χ4v) is 5.65. The molecule has 1 saturated carbocycles. The number of hydrogen-bond donors (Lipinski definition) is 2. The summed E-state index contributed by atoms with van der Waals surface area (Å²) in [4.78, 5) is 30.2. The molecule has 2 N–H and O–H groups in total. The number of ether oxygens (including phenoxy) is 1. The molecule has 34 heavy (non-hydrogen) atoms. The molecule has 2 aromatic rings. The number of anilines is 1. The van der Waals surface area contributed by atoms with Crippen molar-refractivity contribution in [2.75, 3.05) is 24.2 Å². The van der Waals surface area contributed by atoms with Gasteiger partial charge in [0.05, 0.1) is 22.8 Å². The van der Waals surface area contributed by atoms with Crippen LogP contribution in [0.4, 0.5) is 9.93 Å². The highest BCUT2D eigenvalue weighted by atomic mass is 32.2. The molecule has 7 nitrogen and oxygen atoms in total. The number of thioether (sulfide) groups is 1. The number of rotatable bonds is 11. The molecule has 1 aliphatic carbocycles. The predicted octanol–water partition coefficient (Wildman–Crippen LogP) is 6.32. The van der Waals surface area contributed by atoms with E-state index in [2.05, 4.69) is 43.2 Å². The van der Waals surface area contributed by atoms with Gasteiger partial charge in [-0.25, -0.2) is 9.78 Å². The number of carboxylic acids is 1. The third kappa shape index (κ3) is 8.20. The smallest absolute Gasteiger partial charge is 0.323 e. The van der Waals surface area contributed by atoms with Crippen molar-refractivity contribution in [3.63, 3.8) is 0 Å². The van der Waals surface area contributed by atoms with Crippen LogP contribution in [0.5, 0.6) is 5.75 Å². The van der Waals surface area contributed by atoms with Gasteiger partial charge in [-0.05, 0) is 61.6 Å². The number of nitrogens with one attached hydrogen (secondary N) is 1. The minimum Gasteiger partial charge on any atom is -0.494 e. The fraction of sp³-hybridized carbons (Fsp3) is 0.560. The molecule has 0 spiro atoms. The summed E-state index contributed by atoms with van der Waals surface area (Å²) in [5.74, 6) is 1.11. The second-order valence-electron chi connectivity index (χ2n) is 9.13. The molecule has 0 atom stereocenters. The van der Waals surface area contributed by atoms with Crippen molar-refractivity contribution >= 4 is 40.2 Å². The van der Waals surface area contributed by atoms with E-state index in [-0.39, 0.29) is 17.8 Å². The van der Waals surface area contributed by atoms with Gasteiger partial charge in [-0.1, -0.05) is 44.2 Å². The van der Waals surface area contributed by atoms with Gasteiger partial charge >= 0.3 is 12.0 Å².